The molecule has 1 aliphatic rings. The van der Waals surface area contributed by atoms with Crippen molar-refractivity contribution in [2.75, 3.05) is 5.75 Å². The summed E-state index contributed by atoms with van der Waals surface area (Å²) < 4.78 is 0.650. The van der Waals surface area contributed by atoms with E-state index in [0.29, 0.717) is 10.0 Å². The predicted octanol–water partition coefficient (Wildman–Crippen LogP) is 4.82. The van der Waals surface area contributed by atoms with E-state index < -0.39 is 5.97 Å². The molecule has 2 nitrogen and oxygen atoms in total. The molecule has 1 aromatic rings. The zero-order chi connectivity index (χ0) is 13.0. The third kappa shape index (κ3) is 3.75. The number of aromatic carboxylic acids is 1. The molecule has 0 heterocycles. The average Bonchev–Trinajstić information content (AvgIpc) is 2.38. The van der Waals surface area contributed by atoms with Crippen LogP contribution in [0.15, 0.2) is 27.6 Å². The summed E-state index contributed by atoms with van der Waals surface area (Å²) in [5.74, 6) is 1.04. The molecule has 0 amide bonds. The van der Waals surface area contributed by atoms with E-state index in [1.165, 1.54) is 32.1 Å². The molecule has 18 heavy (non-hydrogen) atoms. The van der Waals surface area contributed by atoms with E-state index in [4.69, 9.17) is 5.11 Å². The Morgan fingerprint density at radius 3 is 2.72 bits per heavy atom. The van der Waals surface area contributed by atoms with Crippen LogP contribution in [0.2, 0.25) is 0 Å². The molecule has 2 rings (SSSR count). The van der Waals surface area contributed by atoms with Crippen molar-refractivity contribution in [2.45, 2.75) is 37.0 Å². The number of benzene rings is 1. The molecule has 1 N–H and O–H groups in total. The van der Waals surface area contributed by atoms with E-state index >= 15 is 0 Å². The summed E-state index contributed by atoms with van der Waals surface area (Å²) in [7, 11) is 0. The number of carboxylic acids is 1. The van der Waals surface area contributed by atoms with Gasteiger partial charge in [-0.3, -0.25) is 0 Å². The van der Waals surface area contributed by atoms with Gasteiger partial charge in [-0.15, -0.1) is 11.8 Å². The highest BCUT2D eigenvalue weighted by atomic mass is 79.9. The second-order valence-electron chi connectivity index (χ2n) is 4.76. The molecule has 1 saturated carbocycles. The maximum Gasteiger partial charge on any atom is 0.336 e. The Labute approximate surface area is 120 Å². The third-order valence-corrected chi connectivity index (χ3v) is 5.30. The number of carbonyl (C=O) groups is 1. The first-order valence-corrected chi connectivity index (χ1v) is 8.10. The molecule has 0 spiro atoms. The second kappa shape index (κ2) is 6.62. The lowest BCUT2D eigenvalue weighted by molar-refractivity contribution is 0.0695. The van der Waals surface area contributed by atoms with Crippen LogP contribution < -0.4 is 0 Å². The Morgan fingerprint density at radius 2 is 2.06 bits per heavy atom. The fraction of sp³-hybridized carbons (Fsp3) is 0.500. The van der Waals surface area contributed by atoms with Crippen LogP contribution in [0.25, 0.3) is 0 Å². The molecular formula is C14H17BrO2S. The van der Waals surface area contributed by atoms with Gasteiger partial charge < -0.3 is 5.11 Å². The Hall–Kier alpha value is -0.480. The van der Waals surface area contributed by atoms with Crippen molar-refractivity contribution < 1.29 is 9.90 Å². The molecule has 0 radical (unpaired) electrons. The van der Waals surface area contributed by atoms with Crippen LogP contribution in [0, 0.1) is 5.92 Å². The lowest BCUT2D eigenvalue weighted by Gasteiger charge is -2.21. The molecule has 1 aromatic carbocycles. The third-order valence-electron chi connectivity index (χ3n) is 3.38. The van der Waals surface area contributed by atoms with Gasteiger partial charge in [-0.05, 0) is 52.9 Å². The van der Waals surface area contributed by atoms with Gasteiger partial charge in [-0.2, -0.15) is 0 Å². The van der Waals surface area contributed by atoms with Gasteiger partial charge in [0, 0.05) is 15.1 Å². The summed E-state index contributed by atoms with van der Waals surface area (Å²) >= 11 is 5.05. The zero-order valence-corrected chi connectivity index (χ0v) is 12.6. The number of thioether (sulfide) groups is 1. The second-order valence-corrected chi connectivity index (χ2v) is 6.71. The molecule has 1 fully saturated rings. The standard InChI is InChI=1S/C14H17BrO2S/c15-13-7-6-11(8-12(13)14(16)17)18-9-10-4-2-1-3-5-10/h6-8,10H,1-5,9H2,(H,16,17). The van der Waals surface area contributed by atoms with Crippen molar-refractivity contribution in [3.63, 3.8) is 0 Å². The fourth-order valence-corrected chi connectivity index (χ4v) is 3.87. The first kappa shape index (κ1) is 13.9. The van der Waals surface area contributed by atoms with E-state index in [1.54, 1.807) is 17.8 Å². The molecular weight excluding hydrogens is 312 g/mol. The monoisotopic (exact) mass is 328 g/mol. The Morgan fingerprint density at radius 1 is 1.33 bits per heavy atom. The van der Waals surface area contributed by atoms with Gasteiger partial charge in [-0.25, -0.2) is 4.79 Å². The largest absolute Gasteiger partial charge is 0.478 e. The van der Waals surface area contributed by atoms with Crippen LogP contribution in [0.4, 0.5) is 0 Å². The van der Waals surface area contributed by atoms with Gasteiger partial charge in [0.05, 0.1) is 5.56 Å². The van der Waals surface area contributed by atoms with Crippen LogP contribution in [-0.4, -0.2) is 16.8 Å². The van der Waals surface area contributed by atoms with E-state index in [1.807, 2.05) is 12.1 Å². The molecule has 4 heteroatoms. The summed E-state index contributed by atoms with van der Waals surface area (Å²) in [6.07, 6.45) is 6.74. The van der Waals surface area contributed by atoms with E-state index in [2.05, 4.69) is 15.9 Å². The summed E-state index contributed by atoms with van der Waals surface area (Å²) in [6, 6.07) is 5.58. The van der Waals surface area contributed by atoms with Crippen molar-refractivity contribution in [1.82, 2.24) is 0 Å². The highest BCUT2D eigenvalue weighted by Gasteiger charge is 2.14. The summed E-state index contributed by atoms with van der Waals surface area (Å²) in [5, 5.41) is 9.07. The minimum Gasteiger partial charge on any atom is -0.478 e. The van der Waals surface area contributed by atoms with E-state index in [9.17, 15) is 4.79 Å². The number of carboxylic acid groups (broad SMARTS) is 1. The first-order chi connectivity index (χ1) is 8.66. The van der Waals surface area contributed by atoms with Crippen molar-refractivity contribution in [3.05, 3.63) is 28.2 Å². The van der Waals surface area contributed by atoms with Gasteiger partial charge in [0.15, 0.2) is 0 Å². The molecule has 0 aromatic heterocycles. The normalized spacial score (nSPS) is 16.7. The SMILES string of the molecule is O=C(O)c1cc(SCC2CCCCC2)ccc1Br. The smallest absolute Gasteiger partial charge is 0.336 e. The van der Waals surface area contributed by atoms with Crippen LogP contribution in [0.1, 0.15) is 42.5 Å². The average molecular weight is 329 g/mol. The van der Waals surface area contributed by atoms with Crippen LogP contribution >= 0.6 is 27.7 Å². The van der Waals surface area contributed by atoms with Gasteiger partial charge in [0.25, 0.3) is 0 Å². The topological polar surface area (TPSA) is 37.3 Å². The Bertz CT molecular complexity index is 428. The van der Waals surface area contributed by atoms with Crippen molar-refractivity contribution in [2.24, 2.45) is 5.92 Å². The molecule has 0 unspecified atom stereocenters. The minimum absolute atomic E-state index is 0.351. The maximum absolute atomic E-state index is 11.0. The van der Waals surface area contributed by atoms with Crippen LogP contribution in [0.3, 0.4) is 0 Å². The number of hydrogen-bond acceptors (Lipinski definition) is 2. The highest BCUT2D eigenvalue weighted by molar-refractivity contribution is 9.10. The predicted molar refractivity (Wildman–Crippen MR) is 78.4 cm³/mol. The number of halogens is 1. The summed E-state index contributed by atoms with van der Waals surface area (Å²) in [6.45, 7) is 0. The Kier molecular flexibility index (Phi) is 5.13. The molecule has 0 saturated heterocycles. The molecule has 1 aliphatic carbocycles. The van der Waals surface area contributed by atoms with E-state index in [-0.39, 0.29) is 0 Å². The van der Waals surface area contributed by atoms with Crippen molar-refractivity contribution in [1.29, 1.82) is 0 Å². The molecule has 0 atom stereocenters. The summed E-state index contributed by atoms with van der Waals surface area (Å²) in [4.78, 5) is 12.1. The van der Waals surface area contributed by atoms with Crippen LogP contribution in [0.5, 0.6) is 0 Å². The molecule has 0 bridgehead atoms. The van der Waals surface area contributed by atoms with Crippen molar-refractivity contribution in [3.8, 4) is 0 Å². The van der Waals surface area contributed by atoms with Crippen LogP contribution in [-0.2, 0) is 0 Å². The summed E-state index contributed by atoms with van der Waals surface area (Å²) in [5.41, 5.74) is 0.351. The van der Waals surface area contributed by atoms with E-state index in [0.717, 1.165) is 16.6 Å². The van der Waals surface area contributed by atoms with Crippen molar-refractivity contribution >= 4 is 33.7 Å². The maximum atomic E-state index is 11.0. The Balaban J connectivity index is 1.96. The number of hydrogen-bond donors (Lipinski definition) is 1. The quantitative estimate of drug-likeness (QED) is 0.805. The number of rotatable bonds is 4. The molecule has 98 valence electrons. The lowest BCUT2D eigenvalue weighted by atomic mass is 9.91. The van der Waals surface area contributed by atoms with Gasteiger partial charge in [-0.1, -0.05) is 19.3 Å². The minimum atomic E-state index is -0.873. The molecule has 0 aliphatic heterocycles. The zero-order valence-electron chi connectivity index (χ0n) is 10.2. The van der Waals surface area contributed by atoms with Gasteiger partial charge in [0.1, 0.15) is 0 Å². The lowest BCUT2D eigenvalue weighted by Crippen LogP contribution is -2.08. The van der Waals surface area contributed by atoms with Gasteiger partial charge >= 0.3 is 5.97 Å². The highest BCUT2D eigenvalue weighted by Crippen LogP contribution is 2.31. The first-order valence-electron chi connectivity index (χ1n) is 6.32. The fourth-order valence-electron chi connectivity index (χ4n) is 2.33. The van der Waals surface area contributed by atoms with Gasteiger partial charge in [0.2, 0.25) is 0 Å².